The zero-order chi connectivity index (χ0) is 15.4. The second-order valence-electron chi connectivity index (χ2n) is 4.96. The maximum Gasteiger partial charge on any atom is 0.145 e. The lowest BCUT2D eigenvalue weighted by atomic mass is 10.2. The summed E-state index contributed by atoms with van der Waals surface area (Å²) in [5.74, 6) is 1.44. The first-order chi connectivity index (χ1) is 10.7. The van der Waals surface area contributed by atoms with Crippen molar-refractivity contribution >= 4 is 22.5 Å². The topological polar surface area (TPSA) is 31.4 Å². The van der Waals surface area contributed by atoms with Gasteiger partial charge in [0.2, 0.25) is 0 Å². The second-order valence-corrected chi connectivity index (χ2v) is 5.37. The summed E-state index contributed by atoms with van der Waals surface area (Å²) in [6.45, 7) is 2.85. The summed E-state index contributed by atoms with van der Waals surface area (Å²) in [5, 5.41) is 1.67. The van der Waals surface area contributed by atoms with Crippen molar-refractivity contribution in [3.63, 3.8) is 0 Å². The van der Waals surface area contributed by atoms with Gasteiger partial charge in [0.1, 0.15) is 30.2 Å². The maximum absolute atomic E-state index is 6.09. The van der Waals surface area contributed by atoms with Gasteiger partial charge in [0.25, 0.3) is 0 Å². The number of halogens is 1. The van der Waals surface area contributed by atoms with E-state index in [1.54, 1.807) is 6.20 Å². The van der Waals surface area contributed by atoms with E-state index < -0.39 is 0 Å². The van der Waals surface area contributed by atoms with Crippen molar-refractivity contribution < 1.29 is 9.47 Å². The average Bonchev–Trinajstić information content (AvgIpc) is 2.54. The van der Waals surface area contributed by atoms with Gasteiger partial charge < -0.3 is 9.47 Å². The molecular formula is C18H16ClNO2. The fraction of sp³-hybridized carbons (Fsp3) is 0.167. The van der Waals surface area contributed by atoms with Crippen LogP contribution in [-0.4, -0.2) is 18.2 Å². The van der Waals surface area contributed by atoms with Crippen LogP contribution in [-0.2, 0) is 0 Å². The zero-order valence-electron chi connectivity index (χ0n) is 12.3. The number of hydrogen-bond donors (Lipinski definition) is 0. The van der Waals surface area contributed by atoms with E-state index in [0.717, 1.165) is 22.2 Å². The van der Waals surface area contributed by atoms with Gasteiger partial charge >= 0.3 is 0 Å². The van der Waals surface area contributed by atoms with Gasteiger partial charge in [-0.1, -0.05) is 35.9 Å². The quantitative estimate of drug-likeness (QED) is 0.642. The van der Waals surface area contributed by atoms with E-state index in [1.807, 2.05) is 55.5 Å². The molecule has 0 spiro atoms. The molecule has 0 radical (unpaired) electrons. The summed E-state index contributed by atoms with van der Waals surface area (Å²) in [5.41, 5.74) is 1.97. The number of aryl methyl sites for hydroxylation is 1. The van der Waals surface area contributed by atoms with Gasteiger partial charge in [-0.05, 0) is 36.8 Å². The van der Waals surface area contributed by atoms with Gasteiger partial charge in [0.15, 0.2) is 0 Å². The van der Waals surface area contributed by atoms with Gasteiger partial charge in [-0.2, -0.15) is 0 Å². The van der Waals surface area contributed by atoms with Gasteiger partial charge in [0.05, 0.1) is 5.02 Å². The third kappa shape index (κ3) is 3.31. The molecular weight excluding hydrogens is 298 g/mol. The molecule has 0 saturated carbocycles. The van der Waals surface area contributed by atoms with Crippen LogP contribution in [0.1, 0.15) is 5.56 Å². The van der Waals surface area contributed by atoms with Crippen molar-refractivity contribution in [2.75, 3.05) is 13.2 Å². The van der Waals surface area contributed by atoms with Crippen LogP contribution in [0.25, 0.3) is 10.9 Å². The van der Waals surface area contributed by atoms with Crippen LogP contribution in [0.5, 0.6) is 11.5 Å². The molecule has 22 heavy (non-hydrogen) atoms. The Kier molecular flexibility index (Phi) is 4.45. The normalized spacial score (nSPS) is 10.6. The van der Waals surface area contributed by atoms with Gasteiger partial charge in [-0.3, -0.25) is 4.98 Å². The molecule has 3 nitrogen and oxygen atoms in total. The van der Waals surface area contributed by atoms with Crippen molar-refractivity contribution in [2.45, 2.75) is 6.92 Å². The highest BCUT2D eigenvalue weighted by Gasteiger charge is 2.04. The lowest BCUT2D eigenvalue weighted by molar-refractivity contribution is 0.218. The van der Waals surface area contributed by atoms with Gasteiger partial charge in [-0.25, -0.2) is 0 Å². The molecule has 2 aromatic carbocycles. The van der Waals surface area contributed by atoms with E-state index in [1.165, 1.54) is 0 Å². The number of nitrogens with zero attached hydrogens (tertiary/aromatic N) is 1. The number of pyridine rings is 1. The molecule has 112 valence electrons. The highest BCUT2D eigenvalue weighted by Crippen LogP contribution is 2.26. The molecule has 0 aliphatic carbocycles. The van der Waals surface area contributed by atoms with Crippen molar-refractivity contribution in [1.29, 1.82) is 0 Å². The molecule has 0 fully saturated rings. The number of hydrogen-bond acceptors (Lipinski definition) is 3. The monoisotopic (exact) mass is 313 g/mol. The first-order valence-electron chi connectivity index (χ1n) is 7.09. The van der Waals surface area contributed by atoms with Crippen LogP contribution >= 0.6 is 11.6 Å². The number of benzene rings is 2. The second kappa shape index (κ2) is 6.67. The minimum Gasteiger partial charge on any atom is -0.488 e. The summed E-state index contributed by atoms with van der Waals surface area (Å²) in [6, 6.07) is 15.5. The molecule has 1 aromatic heterocycles. The SMILES string of the molecule is Cc1ccc(Cl)c(OCCOc2cccc3cccnc23)c1. The molecule has 0 aliphatic rings. The summed E-state index contributed by atoms with van der Waals surface area (Å²) >= 11 is 6.09. The highest BCUT2D eigenvalue weighted by molar-refractivity contribution is 6.32. The molecule has 0 aliphatic heterocycles. The minimum absolute atomic E-state index is 0.423. The zero-order valence-corrected chi connectivity index (χ0v) is 13.0. The van der Waals surface area contributed by atoms with E-state index in [0.29, 0.717) is 24.0 Å². The Balaban J connectivity index is 1.62. The van der Waals surface area contributed by atoms with Gasteiger partial charge in [-0.15, -0.1) is 0 Å². The van der Waals surface area contributed by atoms with E-state index in [4.69, 9.17) is 21.1 Å². The van der Waals surface area contributed by atoms with Gasteiger partial charge in [0, 0.05) is 11.6 Å². The minimum atomic E-state index is 0.423. The predicted octanol–water partition coefficient (Wildman–Crippen LogP) is 4.65. The van der Waals surface area contributed by atoms with Crippen molar-refractivity contribution in [3.05, 3.63) is 65.3 Å². The number of para-hydroxylation sites is 1. The molecule has 3 aromatic rings. The number of fused-ring (bicyclic) bond motifs is 1. The predicted molar refractivity (Wildman–Crippen MR) is 88.9 cm³/mol. The molecule has 0 bridgehead atoms. The van der Waals surface area contributed by atoms with E-state index in [9.17, 15) is 0 Å². The van der Waals surface area contributed by atoms with E-state index in [2.05, 4.69) is 4.98 Å². The van der Waals surface area contributed by atoms with E-state index >= 15 is 0 Å². The number of aromatic nitrogens is 1. The molecule has 0 atom stereocenters. The molecule has 0 N–H and O–H groups in total. The summed E-state index contributed by atoms with van der Waals surface area (Å²) in [4.78, 5) is 4.36. The van der Waals surface area contributed by atoms with E-state index in [-0.39, 0.29) is 0 Å². The summed E-state index contributed by atoms with van der Waals surface area (Å²) in [6.07, 6.45) is 1.76. The third-order valence-electron chi connectivity index (χ3n) is 3.28. The lowest BCUT2D eigenvalue weighted by Gasteiger charge is -2.11. The van der Waals surface area contributed by atoms with Crippen molar-refractivity contribution in [3.8, 4) is 11.5 Å². The number of ether oxygens (including phenoxy) is 2. The maximum atomic E-state index is 6.09. The summed E-state index contributed by atoms with van der Waals surface area (Å²) < 4.78 is 11.5. The fourth-order valence-electron chi connectivity index (χ4n) is 2.22. The molecule has 1 heterocycles. The van der Waals surface area contributed by atoms with Crippen LogP contribution in [0.3, 0.4) is 0 Å². The first kappa shape index (κ1) is 14.7. The standard InChI is InChI=1S/C18H16ClNO2/c1-13-7-8-15(19)17(12-13)22-11-10-21-16-6-2-4-14-5-3-9-20-18(14)16/h2-9,12H,10-11H2,1H3. The summed E-state index contributed by atoms with van der Waals surface area (Å²) in [7, 11) is 0. The molecule has 0 saturated heterocycles. The molecule has 0 unspecified atom stereocenters. The Morgan fingerprint density at radius 1 is 0.955 bits per heavy atom. The van der Waals surface area contributed by atoms with Crippen LogP contribution in [0.2, 0.25) is 5.02 Å². The number of rotatable bonds is 5. The van der Waals surface area contributed by atoms with Crippen LogP contribution in [0, 0.1) is 6.92 Å². The Morgan fingerprint density at radius 2 is 1.73 bits per heavy atom. The smallest absolute Gasteiger partial charge is 0.145 e. The fourth-order valence-corrected chi connectivity index (χ4v) is 2.39. The Hall–Kier alpha value is -2.26. The molecule has 4 heteroatoms. The third-order valence-corrected chi connectivity index (χ3v) is 3.59. The Labute approximate surface area is 134 Å². The van der Waals surface area contributed by atoms with Crippen LogP contribution in [0.4, 0.5) is 0 Å². The van der Waals surface area contributed by atoms with Crippen molar-refractivity contribution in [2.24, 2.45) is 0 Å². The van der Waals surface area contributed by atoms with Crippen LogP contribution in [0.15, 0.2) is 54.7 Å². The highest BCUT2D eigenvalue weighted by atomic mass is 35.5. The average molecular weight is 314 g/mol. The lowest BCUT2D eigenvalue weighted by Crippen LogP contribution is -2.09. The van der Waals surface area contributed by atoms with Crippen molar-refractivity contribution in [1.82, 2.24) is 4.98 Å². The Bertz CT molecular complexity index is 784. The molecule has 0 amide bonds. The Morgan fingerprint density at radius 3 is 2.59 bits per heavy atom. The molecule has 3 rings (SSSR count). The van der Waals surface area contributed by atoms with Crippen LogP contribution < -0.4 is 9.47 Å². The largest absolute Gasteiger partial charge is 0.488 e. The first-order valence-corrected chi connectivity index (χ1v) is 7.47.